The number of rotatable bonds is 5. The van der Waals surface area contributed by atoms with Crippen LogP contribution in [0, 0.1) is 19.7 Å². The Kier molecular flexibility index (Phi) is 5.23. The van der Waals surface area contributed by atoms with Crippen LogP contribution >= 0.6 is 0 Å². The second-order valence-corrected chi connectivity index (χ2v) is 8.74. The van der Waals surface area contributed by atoms with Gasteiger partial charge in [0.2, 0.25) is 0 Å². The molecule has 3 aromatic rings. The van der Waals surface area contributed by atoms with E-state index < -0.39 is 17.5 Å². The van der Waals surface area contributed by atoms with Crippen molar-refractivity contribution < 1.29 is 23.5 Å². The summed E-state index contributed by atoms with van der Waals surface area (Å²) in [6, 6.07) is 14.5. The number of benzene rings is 2. The van der Waals surface area contributed by atoms with Crippen molar-refractivity contribution in [1.29, 1.82) is 0 Å². The highest BCUT2D eigenvalue weighted by Crippen LogP contribution is 2.41. The summed E-state index contributed by atoms with van der Waals surface area (Å²) in [5.74, 6) is -0.514. The van der Waals surface area contributed by atoms with Gasteiger partial charge < -0.3 is 14.6 Å². The van der Waals surface area contributed by atoms with Gasteiger partial charge in [-0.15, -0.1) is 0 Å². The highest BCUT2D eigenvalue weighted by atomic mass is 19.1. The zero-order valence-electron chi connectivity index (χ0n) is 18.9. The Morgan fingerprint density at radius 1 is 1.12 bits per heavy atom. The molecule has 1 fully saturated rings. The summed E-state index contributed by atoms with van der Waals surface area (Å²) in [7, 11) is 0. The van der Waals surface area contributed by atoms with E-state index in [-0.39, 0.29) is 24.8 Å². The van der Waals surface area contributed by atoms with Crippen LogP contribution in [0.4, 0.5) is 9.18 Å². The molecule has 0 saturated carbocycles. The molecule has 7 nitrogen and oxygen atoms in total. The number of fused-ring (bicyclic) bond motifs is 2. The van der Waals surface area contributed by atoms with E-state index in [2.05, 4.69) is 5.32 Å². The third-order valence-corrected chi connectivity index (χ3v) is 6.69. The Balaban J connectivity index is 1.39. The number of aryl methyl sites for hydroxylation is 1. The predicted octanol–water partition coefficient (Wildman–Crippen LogP) is 3.70. The number of Topliss-reactive ketones (excluding diaryl/α,β-unsaturated/α-hetero) is 1. The van der Waals surface area contributed by atoms with Crippen LogP contribution in [-0.4, -0.2) is 40.3 Å². The number of carbonyl (C=O) groups excluding carboxylic acids is 3. The number of ketones is 1. The van der Waals surface area contributed by atoms with Crippen LogP contribution in [0.5, 0.6) is 5.75 Å². The minimum absolute atomic E-state index is 0.287. The average Bonchev–Trinajstić information content (AvgIpc) is 3.23. The summed E-state index contributed by atoms with van der Waals surface area (Å²) < 4.78 is 20.9. The van der Waals surface area contributed by atoms with E-state index in [1.807, 2.05) is 24.5 Å². The van der Waals surface area contributed by atoms with Crippen molar-refractivity contribution in [1.82, 2.24) is 14.8 Å². The number of nitrogens with one attached hydrogen (secondary N) is 1. The van der Waals surface area contributed by atoms with Gasteiger partial charge in [0, 0.05) is 35.5 Å². The van der Waals surface area contributed by atoms with E-state index in [9.17, 15) is 18.8 Å². The molecule has 2 aliphatic rings. The van der Waals surface area contributed by atoms with Crippen molar-refractivity contribution in [2.75, 3.05) is 13.2 Å². The number of ether oxygens (including phenoxy) is 1. The topological polar surface area (TPSA) is 80.6 Å². The Labute approximate surface area is 196 Å². The van der Waals surface area contributed by atoms with Gasteiger partial charge in [-0.3, -0.25) is 14.5 Å². The lowest BCUT2D eigenvalue weighted by molar-refractivity contribution is -0.132. The molecule has 3 heterocycles. The Hall–Kier alpha value is -3.94. The Morgan fingerprint density at radius 2 is 1.85 bits per heavy atom. The van der Waals surface area contributed by atoms with E-state index in [1.54, 1.807) is 36.4 Å². The van der Waals surface area contributed by atoms with Gasteiger partial charge in [0.05, 0.1) is 13.2 Å². The van der Waals surface area contributed by atoms with Crippen molar-refractivity contribution in [3.63, 3.8) is 0 Å². The summed E-state index contributed by atoms with van der Waals surface area (Å²) in [6.07, 6.45) is 0.297. The molecule has 5 rings (SSSR count). The minimum atomic E-state index is -1.22. The van der Waals surface area contributed by atoms with E-state index in [0.29, 0.717) is 29.8 Å². The van der Waals surface area contributed by atoms with Gasteiger partial charge in [-0.2, -0.15) is 0 Å². The molecule has 0 unspecified atom stereocenters. The fourth-order valence-corrected chi connectivity index (χ4v) is 4.84. The Bertz CT molecular complexity index is 1310. The second-order valence-electron chi connectivity index (χ2n) is 8.74. The molecule has 0 aliphatic carbocycles. The van der Waals surface area contributed by atoms with E-state index in [0.717, 1.165) is 21.9 Å². The van der Waals surface area contributed by atoms with E-state index in [1.165, 1.54) is 12.1 Å². The van der Waals surface area contributed by atoms with Crippen molar-refractivity contribution in [3.05, 3.63) is 88.5 Å². The number of nitrogens with zero attached hydrogens (tertiary/aromatic N) is 2. The van der Waals surface area contributed by atoms with Gasteiger partial charge in [-0.05, 0) is 43.7 Å². The van der Waals surface area contributed by atoms with Gasteiger partial charge in [0.15, 0.2) is 11.3 Å². The normalized spacial score (nSPS) is 19.2. The standard InChI is InChI=1S/C26H24FN3O4/c1-16-13-20(17(2)29(16)14-18-7-9-19(27)10-8-18)22(31)15-30-24(32)26(28-25(30)33)11-12-34-23-6-4-3-5-21(23)26/h3-10,13H,11-12,14-15H2,1-2H3,(H,28,33)/t26-/m1/s1. The lowest BCUT2D eigenvalue weighted by atomic mass is 9.84. The fourth-order valence-electron chi connectivity index (χ4n) is 4.84. The smallest absolute Gasteiger partial charge is 0.325 e. The molecule has 34 heavy (non-hydrogen) atoms. The van der Waals surface area contributed by atoms with Crippen LogP contribution in [0.1, 0.15) is 39.3 Å². The highest BCUT2D eigenvalue weighted by molar-refractivity contribution is 6.12. The first-order chi connectivity index (χ1) is 16.3. The quantitative estimate of drug-likeness (QED) is 0.464. The van der Waals surface area contributed by atoms with Crippen LogP contribution in [0.3, 0.4) is 0 Å². The molecule has 0 bridgehead atoms. The lowest BCUT2D eigenvalue weighted by Gasteiger charge is -2.33. The maximum Gasteiger partial charge on any atom is 0.325 e. The van der Waals surface area contributed by atoms with E-state index in [4.69, 9.17) is 4.74 Å². The summed E-state index contributed by atoms with van der Waals surface area (Å²) in [5.41, 5.74) is 2.32. The third-order valence-electron chi connectivity index (χ3n) is 6.69. The first-order valence-corrected chi connectivity index (χ1v) is 11.1. The molecule has 1 spiro atoms. The summed E-state index contributed by atoms with van der Waals surface area (Å²) in [6.45, 7) is 4.13. The van der Waals surface area contributed by atoms with Gasteiger partial charge in [-0.1, -0.05) is 30.3 Å². The number of halogens is 1. The van der Waals surface area contributed by atoms with Gasteiger partial charge in [0.1, 0.15) is 11.6 Å². The number of urea groups is 1. The molecule has 2 aliphatic heterocycles. The van der Waals surface area contributed by atoms with Crippen molar-refractivity contribution in [2.24, 2.45) is 0 Å². The maximum absolute atomic E-state index is 13.4. The van der Waals surface area contributed by atoms with Gasteiger partial charge in [0.25, 0.3) is 5.91 Å². The second kappa shape index (κ2) is 8.13. The number of carbonyl (C=O) groups is 3. The average molecular weight is 461 g/mol. The van der Waals surface area contributed by atoms with Crippen molar-refractivity contribution in [3.8, 4) is 5.75 Å². The molecule has 1 N–H and O–H groups in total. The summed E-state index contributed by atoms with van der Waals surface area (Å²) >= 11 is 0. The number of hydrogen-bond donors (Lipinski definition) is 1. The zero-order chi connectivity index (χ0) is 24.0. The van der Waals surface area contributed by atoms with Gasteiger partial charge in [-0.25, -0.2) is 9.18 Å². The number of para-hydroxylation sites is 1. The molecule has 1 atom stereocenters. The first kappa shape index (κ1) is 21.9. The molecule has 174 valence electrons. The molecule has 8 heteroatoms. The Morgan fingerprint density at radius 3 is 2.62 bits per heavy atom. The van der Waals surface area contributed by atoms with Crippen LogP contribution in [0.25, 0.3) is 0 Å². The number of hydrogen-bond acceptors (Lipinski definition) is 4. The van der Waals surface area contributed by atoms with E-state index >= 15 is 0 Å². The fraction of sp³-hybridized carbons (Fsp3) is 0.269. The summed E-state index contributed by atoms with van der Waals surface area (Å²) in [5, 5.41) is 2.82. The molecule has 0 radical (unpaired) electrons. The third kappa shape index (κ3) is 3.46. The van der Waals surface area contributed by atoms with Crippen molar-refractivity contribution >= 4 is 17.7 Å². The molecular formula is C26H24FN3O4. The largest absolute Gasteiger partial charge is 0.493 e. The molecule has 3 amide bonds. The maximum atomic E-state index is 13.4. The molecule has 1 aromatic heterocycles. The van der Waals surface area contributed by atoms with Gasteiger partial charge >= 0.3 is 6.03 Å². The summed E-state index contributed by atoms with van der Waals surface area (Å²) in [4.78, 5) is 40.5. The molecular weight excluding hydrogens is 437 g/mol. The molecule has 1 saturated heterocycles. The van der Waals surface area contributed by atoms with Crippen LogP contribution < -0.4 is 10.1 Å². The first-order valence-electron chi connectivity index (χ1n) is 11.1. The number of amides is 3. The lowest BCUT2D eigenvalue weighted by Crippen LogP contribution is -2.47. The SMILES string of the molecule is Cc1cc(C(=O)CN2C(=O)N[C@@]3(CCOc4ccccc43)C2=O)c(C)n1Cc1ccc(F)cc1. The minimum Gasteiger partial charge on any atom is -0.493 e. The number of imide groups is 1. The van der Waals surface area contributed by atoms with Crippen LogP contribution in [0.15, 0.2) is 54.6 Å². The molecule has 2 aromatic carbocycles. The zero-order valence-corrected chi connectivity index (χ0v) is 18.9. The van der Waals surface area contributed by atoms with Crippen molar-refractivity contribution in [2.45, 2.75) is 32.4 Å². The highest BCUT2D eigenvalue weighted by Gasteiger charge is 2.55. The monoisotopic (exact) mass is 461 g/mol. The van der Waals surface area contributed by atoms with Crippen LogP contribution in [0.2, 0.25) is 0 Å². The predicted molar refractivity (Wildman–Crippen MR) is 122 cm³/mol. The number of aromatic nitrogens is 1. The van der Waals surface area contributed by atoms with Crippen LogP contribution in [-0.2, 0) is 16.9 Å².